The highest BCUT2D eigenvalue weighted by molar-refractivity contribution is 9.10. The molecule has 1 aliphatic rings. The van der Waals surface area contributed by atoms with Crippen LogP contribution in [0, 0.1) is 6.92 Å². The van der Waals surface area contributed by atoms with Crippen molar-refractivity contribution >= 4 is 72.2 Å². The maximum absolute atomic E-state index is 12.7. The molecule has 1 fully saturated rings. The van der Waals surface area contributed by atoms with Crippen molar-refractivity contribution in [3.63, 3.8) is 0 Å². The molecule has 3 aromatic rings. The lowest BCUT2D eigenvalue weighted by Crippen LogP contribution is -2.19. The van der Waals surface area contributed by atoms with Crippen LogP contribution in [0.1, 0.15) is 11.1 Å². The van der Waals surface area contributed by atoms with Gasteiger partial charge in [0, 0.05) is 5.02 Å². The van der Waals surface area contributed by atoms with E-state index in [0.29, 0.717) is 25.1 Å². The van der Waals surface area contributed by atoms with Gasteiger partial charge in [-0.2, -0.15) is 8.42 Å². The van der Waals surface area contributed by atoms with Crippen LogP contribution >= 0.6 is 39.3 Å². The number of carbonyl (C=O) groups excluding carboxylic acids is 1. The quantitative estimate of drug-likeness (QED) is 0.275. The Labute approximate surface area is 220 Å². The molecular formula is C24H18BrClN2O5S2. The van der Waals surface area contributed by atoms with Crippen molar-refractivity contribution in [1.82, 2.24) is 5.32 Å². The summed E-state index contributed by atoms with van der Waals surface area (Å²) in [5, 5.41) is 3.61. The van der Waals surface area contributed by atoms with E-state index in [-0.39, 0.29) is 22.3 Å². The lowest BCUT2D eigenvalue weighted by molar-refractivity contribution is -0.115. The van der Waals surface area contributed by atoms with Gasteiger partial charge in [-0.3, -0.25) is 4.79 Å². The first-order valence-electron chi connectivity index (χ1n) is 10.1. The molecular weight excluding hydrogens is 576 g/mol. The van der Waals surface area contributed by atoms with Crippen molar-refractivity contribution in [1.29, 1.82) is 0 Å². The van der Waals surface area contributed by atoms with E-state index in [9.17, 15) is 13.2 Å². The molecule has 1 saturated heterocycles. The molecule has 11 heteroatoms. The highest BCUT2D eigenvalue weighted by Crippen LogP contribution is 2.40. The van der Waals surface area contributed by atoms with E-state index < -0.39 is 10.1 Å². The molecule has 35 heavy (non-hydrogen) atoms. The van der Waals surface area contributed by atoms with Gasteiger partial charge >= 0.3 is 10.1 Å². The zero-order valence-corrected chi connectivity index (χ0v) is 22.4. The van der Waals surface area contributed by atoms with Gasteiger partial charge in [-0.05, 0) is 94.8 Å². The van der Waals surface area contributed by atoms with Crippen LogP contribution in [-0.2, 0) is 14.9 Å². The zero-order chi connectivity index (χ0) is 25.2. The van der Waals surface area contributed by atoms with Crippen LogP contribution in [0.5, 0.6) is 11.5 Å². The maximum atomic E-state index is 12.7. The fourth-order valence-corrected chi connectivity index (χ4v) is 5.60. The molecule has 0 atom stereocenters. The molecule has 0 spiro atoms. The van der Waals surface area contributed by atoms with Gasteiger partial charge < -0.3 is 14.2 Å². The first-order valence-corrected chi connectivity index (χ1v) is 13.5. The Morgan fingerprint density at radius 1 is 1.09 bits per heavy atom. The molecule has 7 nitrogen and oxygen atoms in total. The van der Waals surface area contributed by atoms with Crippen LogP contribution < -0.4 is 14.2 Å². The fraction of sp³-hybridized carbons (Fsp3) is 0.0833. The van der Waals surface area contributed by atoms with Crippen molar-refractivity contribution in [2.45, 2.75) is 11.8 Å². The number of nitrogens with one attached hydrogen (secondary N) is 1. The average Bonchev–Trinajstić information content (AvgIpc) is 3.15. The number of rotatable bonds is 6. The number of carbonyl (C=O) groups is 1. The van der Waals surface area contributed by atoms with Gasteiger partial charge in [-0.15, -0.1) is 0 Å². The van der Waals surface area contributed by atoms with E-state index in [0.717, 1.165) is 11.3 Å². The summed E-state index contributed by atoms with van der Waals surface area (Å²) in [5.74, 6) is -0.142. The van der Waals surface area contributed by atoms with E-state index in [1.54, 1.807) is 18.2 Å². The van der Waals surface area contributed by atoms with Gasteiger partial charge in [0.1, 0.15) is 4.90 Å². The van der Waals surface area contributed by atoms with Crippen molar-refractivity contribution < 1.29 is 22.1 Å². The van der Waals surface area contributed by atoms with Gasteiger partial charge in [0.2, 0.25) is 0 Å². The van der Waals surface area contributed by atoms with Gasteiger partial charge in [0.15, 0.2) is 16.7 Å². The van der Waals surface area contributed by atoms with Gasteiger partial charge in [-0.1, -0.05) is 29.3 Å². The molecule has 1 heterocycles. The Morgan fingerprint density at radius 3 is 2.43 bits per heavy atom. The Bertz CT molecular complexity index is 1450. The van der Waals surface area contributed by atoms with Gasteiger partial charge in [-0.25, -0.2) is 4.99 Å². The highest BCUT2D eigenvalue weighted by Gasteiger charge is 2.25. The molecule has 180 valence electrons. The number of aliphatic imine (C=N–C) groups is 1. The standard InChI is InChI=1S/C24H18BrClN2O5S2/c1-14-3-7-17(8-4-14)27-24-28-23(29)21(34-24)13-15-11-19(25)22(20(12-15)32-2)33-35(30,31)18-9-5-16(26)6-10-18/h3-13H,1-2H3,(H,27,28,29)/b21-13-. The topological polar surface area (TPSA) is 94.1 Å². The number of benzene rings is 3. The minimum Gasteiger partial charge on any atom is -0.493 e. The molecule has 4 rings (SSSR count). The summed E-state index contributed by atoms with van der Waals surface area (Å²) < 4.78 is 36.5. The van der Waals surface area contributed by atoms with Crippen molar-refractivity contribution in [2.75, 3.05) is 7.11 Å². The average molecular weight is 594 g/mol. The lowest BCUT2D eigenvalue weighted by atomic mass is 10.2. The molecule has 0 saturated carbocycles. The third-order valence-corrected chi connectivity index (χ3v) is 7.75. The highest BCUT2D eigenvalue weighted by atomic mass is 79.9. The summed E-state index contributed by atoms with van der Waals surface area (Å²) in [4.78, 5) is 17.3. The second-order valence-corrected chi connectivity index (χ2v) is 11.2. The smallest absolute Gasteiger partial charge is 0.339 e. The number of hydrogen-bond acceptors (Lipinski definition) is 7. The van der Waals surface area contributed by atoms with Crippen LogP contribution in [0.25, 0.3) is 6.08 Å². The van der Waals surface area contributed by atoms with Crippen molar-refractivity contribution in [3.8, 4) is 11.5 Å². The monoisotopic (exact) mass is 592 g/mol. The first-order chi connectivity index (χ1) is 16.6. The molecule has 0 unspecified atom stereocenters. The molecule has 1 amide bonds. The number of nitrogens with zero attached hydrogens (tertiary/aromatic N) is 1. The van der Waals surface area contributed by atoms with E-state index in [4.69, 9.17) is 20.5 Å². The summed E-state index contributed by atoms with van der Waals surface area (Å²) in [6.45, 7) is 1.99. The number of halogens is 2. The van der Waals surface area contributed by atoms with Crippen molar-refractivity contribution in [2.24, 2.45) is 4.99 Å². The molecule has 3 aromatic carbocycles. The molecule has 0 aromatic heterocycles. The Kier molecular flexibility index (Phi) is 7.56. The Morgan fingerprint density at radius 2 is 1.77 bits per heavy atom. The largest absolute Gasteiger partial charge is 0.493 e. The number of hydrogen-bond donors (Lipinski definition) is 1. The van der Waals surface area contributed by atoms with Crippen LogP contribution in [-0.4, -0.2) is 26.6 Å². The molecule has 0 radical (unpaired) electrons. The number of aryl methyl sites for hydroxylation is 1. The third-order valence-electron chi connectivity index (χ3n) is 4.76. The molecule has 1 N–H and O–H groups in total. The first kappa shape index (κ1) is 25.3. The fourth-order valence-electron chi connectivity index (χ4n) is 3.03. The minimum absolute atomic E-state index is 0.0188. The third kappa shape index (κ3) is 6.07. The van der Waals surface area contributed by atoms with Crippen molar-refractivity contribution in [3.05, 3.63) is 86.2 Å². The predicted molar refractivity (Wildman–Crippen MR) is 142 cm³/mol. The Hall–Kier alpha value is -2.79. The van der Waals surface area contributed by atoms with Crippen LogP contribution in [0.4, 0.5) is 5.69 Å². The molecule has 0 aliphatic carbocycles. The number of amidine groups is 1. The normalized spacial score (nSPS) is 15.9. The van der Waals surface area contributed by atoms with E-state index >= 15 is 0 Å². The number of amides is 1. The molecule has 1 aliphatic heterocycles. The second kappa shape index (κ2) is 10.4. The lowest BCUT2D eigenvalue weighted by Gasteiger charge is -2.13. The van der Waals surface area contributed by atoms with Crippen LogP contribution in [0.3, 0.4) is 0 Å². The minimum atomic E-state index is -4.14. The summed E-state index contributed by atoms with van der Waals surface area (Å²) in [5.41, 5.74) is 2.44. The Balaban J connectivity index is 1.60. The SMILES string of the molecule is COc1cc(/C=C2\SC(=Nc3ccc(C)cc3)NC2=O)cc(Br)c1OS(=O)(=O)c1ccc(Cl)cc1. The van der Waals surface area contributed by atoms with Crippen LogP contribution in [0.2, 0.25) is 5.02 Å². The number of methoxy groups -OCH3 is 1. The summed E-state index contributed by atoms with van der Waals surface area (Å²) >= 11 is 10.4. The number of thioether (sulfide) groups is 1. The van der Waals surface area contributed by atoms with E-state index in [1.807, 2.05) is 31.2 Å². The van der Waals surface area contributed by atoms with E-state index in [1.165, 1.54) is 43.1 Å². The zero-order valence-electron chi connectivity index (χ0n) is 18.4. The molecule has 0 bridgehead atoms. The summed E-state index contributed by atoms with van der Waals surface area (Å²) in [6.07, 6.45) is 1.66. The van der Waals surface area contributed by atoms with Gasteiger partial charge in [0.05, 0.1) is 22.2 Å². The number of ether oxygens (including phenoxy) is 1. The van der Waals surface area contributed by atoms with Gasteiger partial charge in [0.25, 0.3) is 5.91 Å². The summed E-state index contributed by atoms with van der Waals surface area (Å²) in [6, 6.07) is 16.4. The van der Waals surface area contributed by atoms with E-state index in [2.05, 4.69) is 26.2 Å². The summed E-state index contributed by atoms with van der Waals surface area (Å²) in [7, 11) is -2.74. The predicted octanol–water partition coefficient (Wildman–Crippen LogP) is 6.08. The second-order valence-electron chi connectivity index (χ2n) is 7.34. The maximum Gasteiger partial charge on any atom is 0.339 e. The van der Waals surface area contributed by atoms with Crippen LogP contribution in [0.15, 0.2) is 79.9 Å².